The fourth-order valence-corrected chi connectivity index (χ4v) is 9.76. The van der Waals surface area contributed by atoms with E-state index < -0.39 is 0 Å². The predicted molar refractivity (Wildman–Crippen MR) is 228 cm³/mol. The highest BCUT2D eigenvalue weighted by atomic mass is 15.1. The van der Waals surface area contributed by atoms with Crippen LogP contribution in [0.1, 0.15) is 49.9 Å². The van der Waals surface area contributed by atoms with Gasteiger partial charge < -0.3 is 0 Å². The quantitative estimate of drug-likeness (QED) is 0.182. The molecule has 0 amide bonds. The van der Waals surface area contributed by atoms with Gasteiger partial charge in [-0.05, 0) is 79.9 Å². The van der Waals surface area contributed by atoms with Crippen LogP contribution in [0.5, 0.6) is 0 Å². The minimum Gasteiger partial charge on any atom is -0.294 e. The molecule has 3 heteroatoms. The summed E-state index contributed by atoms with van der Waals surface area (Å²) in [7, 11) is 0. The Morgan fingerprint density at radius 1 is 0.436 bits per heavy atom. The van der Waals surface area contributed by atoms with Gasteiger partial charge in [0, 0.05) is 33.0 Å². The molecular weight excluding hydrogens is 667 g/mol. The number of benzene rings is 7. The van der Waals surface area contributed by atoms with Gasteiger partial charge in [-0.1, -0.05) is 167 Å². The molecule has 11 rings (SSSR count). The van der Waals surface area contributed by atoms with Crippen molar-refractivity contribution in [2.24, 2.45) is 0 Å². The van der Waals surface area contributed by atoms with E-state index in [1.54, 1.807) is 0 Å². The van der Waals surface area contributed by atoms with Gasteiger partial charge in [0.1, 0.15) is 5.65 Å². The van der Waals surface area contributed by atoms with Crippen molar-refractivity contribution in [2.45, 2.75) is 38.5 Å². The topological polar surface area (TPSA) is 30.7 Å². The van der Waals surface area contributed by atoms with Crippen LogP contribution in [0.2, 0.25) is 0 Å². The van der Waals surface area contributed by atoms with Crippen molar-refractivity contribution in [3.05, 3.63) is 186 Å². The molecule has 2 heterocycles. The standard InChI is InChI=1S/C52H39N3/c1-51(2)40-25-13-11-21-35(40)45-37(23-15-27-42(45)51)48-47-39-31-33(32-17-7-5-8-18-32)29-30-44(39)55(34-19-9-6-10-20-34)50(47)54-49(53-48)38-24-16-28-43-46(38)36-22-12-14-26-41(36)52(43,3)4/h5-31H,1-4H3. The van der Waals surface area contributed by atoms with Crippen LogP contribution in [-0.4, -0.2) is 14.5 Å². The lowest BCUT2D eigenvalue weighted by Crippen LogP contribution is -2.14. The van der Waals surface area contributed by atoms with Gasteiger partial charge in [-0.15, -0.1) is 0 Å². The van der Waals surface area contributed by atoms with Crippen molar-refractivity contribution < 1.29 is 0 Å². The van der Waals surface area contributed by atoms with E-state index in [1.165, 1.54) is 55.6 Å². The van der Waals surface area contributed by atoms with Crippen LogP contribution in [0.15, 0.2) is 164 Å². The number of hydrogen-bond acceptors (Lipinski definition) is 2. The molecule has 262 valence electrons. The highest BCUT2D eigenvalue weighted by Gasteiger charge is 2.39. The third-order valence-electron chi connectivity index (χ3n) is 12.4. The van der Waals surface area contributed by atoms with Crippen LogP contribution in [-0.2, 0) is 10.8 Å². The summed E-state index contributed by atoms with van der Waals surface area (Å²) in [6.45, 7) is 9.37. The fourth-order valence-electron chi connectivity index (χ4n) is 9.76. The predicted octanol–water partition coefficient (Wildman–Crippen LogP) is 13.2. The summed E-state index contributed by atoms with van der Waals surface area (Å²) in [6, 6.07) is 59.5. The maximum absolute atomic E-state index is 5.77. The van der Waals surface area contributed by atoms with Gasteiger partial charge in [0.2, 0.25) is 0 Å². The number of nitrogens with zero attached hydrogens (tertiary/aromatic N) is 3. The Balaban J connectivity index is 1.31. The number of rotatable bonds is 4. The smallest absolute Gasteiger partial charge is 0.162 e. The van der Waals surface area contributed by atoms with Gasteiger partial charge >= 0.3 is 0 Å². The highest BCUT2D eigenvalue weighted by Crippen LogP contribution is 2.55. The SMILES string of the molecule is CC1(C)c2ccccc2-c2c(-c3nc(-c4cccc5c4-c4ccccc4C5(C)C)c4c5cc(-c6ccccc6)ccc5n(-c5ccccc5)c4n3)cccc21. The summed E-state index contributed by atoms with van der Waals surface area (Å²) in [5, 5.41) is 2.19. The van der Waals surface area contributed by atoms with Crippen molar-refractivity contribution in [2.75, 3.05) is 0 Å². The summed E-state index contributed by atoms with van der Waals surface area (Å²) in [4.78, 5) is 11.4. The van der Waals surface area contributed by atoms with Crippen molar-refractivity contribution in [1.82, 2.24) is 14.5 Å². The van der Waals surface area contributed by atoms with Crippen molar-refractivity contribution in [3.63, 3.8) is 0 Å². The third kappa shape index (κ3) is 4.44. The molecular formula is C52H39N3. The van der Waals surface area contributed by atoms with E-state index >= 15 is 0 Å². The van der Waals surface area contributed by atoms with Crippen LogP contribution in [0, 0.1) is 0 Å². The largest absolute Gasteiger partial charge is 0.294 e. The molecule has 2 aliphatic rings. The molecule has 9 aromatic rings. The molecule has 0 bridgehead atoms. The Kier molecular flexibility index (Phi) is 6.65. The zero-order valence-corrected chi connectivity index (χ0v) is 31.4. The molecule has 0 saturated carbocycles. The highest BCUT2D eigenvalue weighted by molar-refractivity contribution is 6.16. The van der Waals surface area contributed by atoms with Crippen LogP contribution < -0.4 is 0 Å². The number of para-hydroxylation sites is 1. The average molecular weight is 706 g/mol. The van der Waals surface area contributed by atoms with Gasteiger partial charge in [-0.3, -0.25) is 4.57 Å². The second-order valence-electron chi connectivity index (χ2n) is 16.2. The first-order valence-corrected chi connectivity index (χ1v) is 19.3. The minimum absolute atomic E-state index is 0.142. The maximum atomic E-state index is 5.77. The van der Waals surface area contributed by atoms with E-state index in [-0.39, 0.29) is 10.8 Å². The van der Waals surface area contributed by atoms with Crippen molar-refractivity contribution >= 4 is 21.9 Å². The first-order valence-electron chi connectivity index (χ1n) is 19.3. The van der Waals surface area contributed by atoms with E-state index in [0.717, 1.165) is 50.3 Å². The lowest BCUT2D eigenvalue weighted by atomic mass is 9.82. The van der Waals surface area contributed by atoms with E-state index in [9.17, 15) is 0 Å². The van der Waals surface area contributed by atoms with E-state index in [1.807, 2.05) is 0 Å². The number of fused-ring (bicyclic) bond motifs is 9. The number of hydrogen-bond donors (Lipinski definition) is 0. The van der Waals surface area contributed by atoms with Gasteiger partial charge in [-0.25, -0.2) is 9.97 Å². The molecule has 2 aromatic heterocycles. The molecule has 0 atom stereocenters. The van der Waals surface area contributed by atoms with Gasteiger partial charge in [0.25, 0.3) is 0 Å². The molecule has 7 aromatic carbocycles. The Hall–Kier alpha value is -6.58. The van der Waals surface area contributed by atoms with Gasteiger partial charge in [-0.2, -0.15) is 0 Å². The van der Waals surface area contributed by atoms with Gasteiger partial charge in [0.05, 0.1) is 16.6 Å². The summed E-state index contributed by atoms with van der Waals surface area (Å²) in [6.07, 6.45) is 0. The van der Waals surface area contributed by atoms with Crippen LogP contribution in [0.4, 0.5) is 0 Å². The molecule has 0 saturated heterocycles. The summed E-state index contributed by atoms with van der Waals surface area (Å²) in [5.74, 6) is 0.735. The lowest BCUT2D eigenvalue weighted by molar-refractivity contribution is 0.660. The van der Waals surface area contributed by atoms with E-state index in [4.69, 9.17) is 9.97 Å². The zero-order chi connectivity index (χ0) is 37.1. The molecule has 0 radical (unpaired) electrons. The molecule has 2 aliphatic carbocycles. The maximum Gasteiger partial charge on any atom is 0.162 e. The summed E-state index contributed by atoms with van der Waals surface area (Å²) >= 11 is 0. The van der Waals surface area contributed by atoms with E-state index in [2.05, 4.69) is 196 Å². The second kappa shape index (κ2) is 11.5. The number of aromatic nitrogens is 3. The van der Waals surface area contributed by atoms with Crippen molar-refractivity contribution in [1.29, 1.82) is 0 Å². The Morgan fingerprint density at radius 3 is 1.62 bits per heavy atom. The Bertz CT molecular complexity index is 3020. The Labute approximate surface area is 321 Å². The molecule has 0 spiro atoms. The molecule has 0 aliphatic heterocycles. The minimum atomic E-state index is -0.148. The first kappa shape index (κ1) is 31.9. The van der Waals surface area contributed by atoms with Crippen LogP contribution >= 0.6 is 0 Å². The third-order valence-corrected chi connectivity index (χ3v) is 12.4. The molecule has 0 N–H and O–H groups in total. The summed E-state index contributed by atoms with van der Waals surface area (Å²) in [5.41, 5.74) is 18.6. The molecule has 0 unspecified atom stereocenters. The average Bonchev–Trinajstić information content (AvgIpc) is 3.78. The molecule has 0 fully saturated rings. The first-order chi connectivity index (χ1) is 26.8. The fraction of sp³-hybridized carbons (Fsp3) is 0.115. The summed E-state index contributed by atoms with van der Waals surface area (Å²) < 4.78 is 2.34. The molecule has 3 nitrogen and oxygen atoms in total. The monoisotopic (exact) mass is 705 g/mol. The van der Waals surface area contributed by atoms with Gasteiger partial charge in [0.15, 0.2) is 5.82 Å². The van der Waals surface area contributed by atoms with Crippen LogP contribution in [0.25, 0.3) is 83.6 Å². The Morgan fingerprint density at radius 2 is 0.964 bits per heavy atom. The van der Waals surface area contributed by atoms with Crippen molar-refractivity contribution in [3.8, 4) is 61.7 Å². The van der Waals surface area contributed by atoms with Crippen LogP contribution in [0.3, 0.4) is 0 Å². The second-order valence-corrected chi connectivity index (χ2v) is 16.2. The lowest BCUT2D eigenvalue weighted by Gasteiger charge is -2.22. The van der Waals surface area contributed by atoms with E-state index in [0.29, 0.717) is 0 Å². The zero-order valence-electron chi connectivity index (χ0n) is 31.4. The molecule has 55 heavy (non-hydrogen) atoms. The normalized spacial score (nSPS) is 14.5.